The van der Waals surface area contributed by atoms with Gasteiger partial charge in [-0.15, -0.1) is 0 Å². The molecule has 1 aromatic rings. The number of nitrogens with one attached hydrogen (secondary N) is 1. The van der Waals surface area contributed by atoms with E-state index in [1.807, 2.05) is 0 Å². The summed E-state index contributed by atoms with van der Waals surface area (Å²) in [7, 11) is 4.27. The Labute approximate surface area is 138 Å². The molecule has 0 heterocycles. The Hall–Kier alpha value is -0.580. The maximum absolute atomic E-state index is 3.61. The van der Waals surface area contributed by atoms with Gasteiger partial charge < -0.3 is 15.1 Å². The minimum absolute atomic E-state index is 0.350. The Bertz CT molecular complexity index is 434. The zero-order valence-corrected chi connectivity index (χ0v) is 15.9. The van der Waals surface area contributed by atoms with Gasteiger partial charge in [0.05, 0.1) is 0 Å². The van der Waals surface area contributed by atoms with Gasteiger partial charge in [-0.25, -0.2) is 0 Å². The standard InChI is InChI=1S/C17H30BrN3/c1-7-19-14(4)16-11-15(18)9-10-17(16)21(8-2)13(3)12-20(5)6/h9-11,13-14,19H,7-8,12H2,1-6H3. The first-order chi connectivity index (χ1) is 9.90. The van der Waals surface area contributed by atoms with E-state index < -0.39 is 0 Å². The summed E-state index contributed by atoms with van der Waals surface area (Å²) in [5, 5.41) is 3.53. The minimum Gasteiger partial charge on any atom is -0.368 e. The molecule has 2 unspecified atom stereocenters. The van der Waals surface area contributed by atoms with Crippen molar-refractivity contribution < 1.29 is 0 Å². The summed E-state index contributed by atoms with van der Waals surface area (Å²) in [6.07, 6.45) is 0. The van der Waals surface area contributed by atoms with E-state index in [9.17, 15) is 0 Å². The van der Waals surface area contributed by atoms with Gasteiger partial charge in [-0.1, -0.05) is 22.9 Å². The highest BCUT2D eigenvalue weighted by atomic mass is 79.9. The van der Waals surface area contributed by atoms with Crippen molar-refractivity contribution in [1.29, 1.82) is 0 Å². The summed E-state index contributed by atoms with van der Waals surface area (Å²) in [4.78, 5) is 4.75. The molecular formula is C17H30BrN3. The highest BCUT2D eigenvalue weighted by molar-refractivity contribution is 9.10. The van der Waals surface area contributed by atoms with Crippen LogP contribution in [0.1, 0.15) is 39.3 Å². The number of anilines is 1. The van der Waals surface area contributed by atoms with E-state index in [1.54, 1.807) is 0 Å². The van der Waals surface area contributed by atoms with Crippen LogP contribution in [0, 0.1) is 0 Å². The summed E-state index contributed by atoms with van der Waals surface area (Å²) in [5.74, 6) is 0. The molecule has 0 fully saturated rings. The van der Waals surface area contributed by atoms with Crippen molar-refractivity contribution in [3.63, 3.8) is 0 Å². The van der Waals surface area contributed by atoms with Gasteiger partial charge in [0.1, 0.15) is 0 Å². The first kappa shape index (κ1) is 18.5. The van der Waals surface area contributed by atoms with Crippen molar-refractivity contribution in [3.05, 3.63) is 28.2 Å². The smallest absolute Gasteiger partial charge is 0.0418 e. The number of nitrogens with zero attached hydrogens (tertiary/aromatic N) is 2. The quantitative estimate of drug-likeness (QED) is 0.762. The monoisotopic (exact) mass is 355 g/mol. The Morgan fingerprint density at radius 2 is 1.86 bits per heavy atom. The van der Waals surface area contributed by atoms with E-state index in [0.717, 1.165) is 24.1 Å². The van der Waals surface area contributed by atoms with Crippen LogP contribution in [0.15, 0.2) is 22.7 Å². The van der Waals surface area contributed by atoms with Crippen LogP contribution in [0.4, 0.5) is 5.69 Å². The second kappa shape index (κ2) is 8.76. The summed E-state index contributed by atoms with van der Waals surface area (Å²) in [6.45, 7) is 12.0. The largest absolute Gasteiger partial charge is 0.368 e. The minimum atomic E-state index is 0.350. The Balaban J connectivity index is 3.13. The molecule has 120 valence electrons. The average molecular weight is 356 g/mol. The molecule has 0 radical (unpaired) electrons. The second-order valence-electron chi connectivity index (χ2n) is 5.88. The van der Waals surface area contributed by atoms with Gasteiger partial charge in [0, 0.05) is 35.3 Å². The van der Waals surface area contributed by atoms with Crippen molar-refractivity contribution in [2.75, 3.05) is 38.6 Å². The SMILES string of the molecule is CCNC(C)c1cc(Br)ccc1N(CC)C(C)CN(C)C. The van der Waals surface area contributed by atoms with Crippen molar-refractivity contribution in [3.8, 4) is 0 Å². The molecule has 0 saturated carbocycles. The van der Waals surface area contributed by atoms with Gasteiger partial charge in [-0.2, -0.15) is 0 Å². The molecule has 0 bridgehead atoms. The number of hydrogen-bond donors (Lipinski definition) is 1. The Kier molecular flexibility index (Phi) is 7.71. The second-order valence-corrected chi connectivity index (χ2v) is 6.80. The molecular weight excluding hydrogens is 326 g/mol. The first-order valence-corrected chi connectivity index (χ1v) is 8.64. The van der Waals surface area contributed by atoms with E-state index in [-0.39, 0.29) is 0 Å². The summed E-state index contributed by atoms with van der Waals surface area (Å²) in [5.41, 5.74) is 2.70. The van der Waals surface area contributed by atoms with Gasteiger partial charge in [-0.05, 0) is 65.2 Å². The molecule has 1 N–H and O–H groups in total. The number of rotatable bonds is 8. The van der Waals surface area contributed by atoms with E-state index in [1.165, 1.54) is 11.3 Å². The molecule has 0 spiro atoms. The lowest BCUT2D eigenvalue weighted by molar-refractivity contribution is 0.372. The molecule has 0 saturated heterocycles. The molecule has 4 heteroatoms. The van der Waals surface area contributed by atoms with Crippen LogP contribution in [-0.2, 0) is 0 Å². The van der Waals surface area contributed by atoms with E-state index in [2.05, 4.69) is 91.0 Å². The molecule has 21 heavy (non-hydrogen) atoms. The molecule has 1 aromatic carbocycles. The highest BCUT2D eigenvalue weighted by Crippen LogP contribution is 2.30. The van der Waals surface area contributed by atoms with Crippen molar-refractivity contribution in [2.24, 2.45) is 0 Å². The molecule has 0 aliphatic heterocycles. The normalized spacial score (nSPS) is 14.3. The third-order valence-corrected chi connectivity index (χ3v) is 4.27. The number of hydrogen-bond acceptors (Lipinski definition) is 3. The lowest BCUT2D eigenvalue weighted by atomic mass is 10.0. The van der Waals surface area contributed by atoms with E-state index in [4.69, 9.17) is 0 Å². The topological polar surface area (TPSA) is 18.5 Å². The zero-order valence-electron chi connectivity index (χ0n) is 14.3. The fourth-order valence-corrected chi connectivity index (χ4v) is 3.28. The third kappa shape index (κ3) is 5.28. The lowest BCUT2D eigenvalue weighted by Gasteiger charge is -2.34. The zero-order chi connectivity index (χ0) is 16.0. The average Bonchev–Trinajstić information content (AvgIpc) is 2.40. The van der Waals surface area contributed by atoms with Crippen LogP contribution in [0.5, 0.6) is 0 Å². The molecule has 0 aromatic heterocycles. The molecule has 3 nitrogen and oxygen atoms in total. The van der Waals surface area contributed by atoms with Crippen LogP contribution < -0.4 is 10.2 Å². The predicted molar refractivity (Wildman–Crippen MR) is 97.3 cm³/mol. The molecule has 1 rings (SSSR count). The number of halogens is 1. The van der Waals surface area contributed by atoms with Crippen LogP contribution in [0.3, 0.4) is 0 Å². The third-order valence-electron chi connectivity index (χ3n) is 3.78. The molecule has 0 aliphatic rings. The summed E-state index contributed by atoms with van der Waals surface area (Å²) < 4.78 is 1.14. The van der Waals surface area contributed by atoms with Crippen molar-refractivity contribution in [1.82, 2.24) is 10.2 Å². The fraction of sp³-hybridized carbons (Fsp3) is 0.647. The summed E-state index contributed by atoms with van der Waals surface area (Å²) >= 11 is 3.61. The van der Waals surface area contributed by atoms with Gasteiger partial charge in [0.15, 0.2) is 0 Å². The number of benzene rings is 1. The molecule has 0 amide bonds. The predicted octanol–water partition coefficient (Wildman–Crippen LogP) is 3.90. The van der Waals surface area contributed by atoms with Gasteiger partial charge in [0.25, 0.3) is 0 Å². The first-order valence-electron chi connectivity index (χ1n) is 7.84. The maximum Gasteiger partial charge on any atom is 0.0418 e. The van der Waals surface area contributed by atoms with Gasteiger partial charge >= 0.3 is 0 Å². The number of likely N-dealkylation sites (N-methyl/N-ethyl adjacent to an activating group) is 2. The highest BCUT2D eigenvalue weighted by Gasteiger charge is 2.19. The van der Waals surface area contributed by atoms with Crippen LogP contribution >= 0.6 is 15.9 Å². The van der Waals surface area contributed by atoms with Crippen molar-refractivity contribution >= 4 is 21.6 Å². The van der Waals surface area contributed by atoms with Crippen LogP contribution in [0.2, 0.25) is 0 Å². The fourth-order valence-electron chi connectivity index (χ4n) is 2.90. The van der Waals surface area contributed by atoms with Gasteiger partial charge in [-0.3, -0.25) is 0 Å². The Morgan fingerprint density at radius 3 is 2.38 bits per heavy atom. The van der Waals surface area contributed by atoms with Crippen molar-refractivity contribution in [2.45, 2.75) is 39.8 Å². The van der Waals surface area contributed by atoms with Crippen LogP contribution in [0.25, 0.3) is 0 Å². The molecule has 0 aliphatic carbocycles. The molecule has 2 atom stereocenters. The van der Waals surface area contributed by atoms with E-state index in [0.29, 0.717) is 12.1 Å². The lowest BCUT2D eigenvalue weighted by Crippen LogP contribution is -2.41. The summed E-state index contributed by atoms with van der Waals surface area (Å²) in [6, 6.07) is 7.46. The Morgan fingerprint density at radius 1 is 1.19 bits per heavy atom. The van der Waals surface area contributed by atoms with Gasteiger partial charge in [0.2, 0.25) is 0 Å². The van der Waals surface area contributed by atoms with Crippen LogP contribution in [-0.4, -0.2) is 44.7 Å². The maximum atomic E-state index is 3.61. The van der Waals surface area contributed by atoms with E-state index >= 15 is 0 Å².